The molecule has 0 aromatic heterocycles. The normalized spacial score (nSPS) is 10.5. The van der Waals surface area contributed by atoms with E-state index in [1.54, 1.807) is 0 Å². The third kappa shape index (κ3) is 4.85. The summed E-state index contributed by atoms with van der Waals surface area (Å²) in [4.78, 5) is 44.1. The number of anilines is 1. The third-order valence-corrected chi connectivity index (χ3v) is 3.18. The minimum Gasteiger partial charge on any atom is -0.478 e. The van der Waals surface area contributed by atoms with Crippen LogP contribution in [0.3, 0.4) is 0 Å². The molecule has 11 heteroatoms. The van der Waals surface area contributed by atoms with Gasteiger partial charge in [-0.05, 0) is 36.4 Å². The second kappa shape index (κ2) is 7.74. The molecule has 2 aromatic rings. The van der Waals surface area contributed by atoms with E-state index in [2.05, 4.69) is 15.8 Å². The van der Waals surface area contributed by atoms with Gasteiger partial charge in [-0.1, -0.05) is 5.22 Å². The highest BCUT2D eigenvalue weighted by Gasteiger charge is 2.12. The van der Waals surface area contributed by atoms with E-state index >= 15 is 0 Å². The maximum atomic E-state index is 11.0. The number of nitrogens with zero attached hydrogens (tertiary/aromatic N) is 2. The number of carboxylic acids is 4. The Labute approximate surface area is 150 Å². The predicted molar refractivity (Wildman–Crippen MR) is 88.9 cm³/mol. The summed E-state index contributed by atoms with van der Waals surface area (Å²) in [6, 6.07) is 6.30. The summed E-state index contributed by atoms with van der Waals surface area (Å²) in [7, 11) is 0. The molecule has 2 rings (SSSR count). The smallest absolute Gasteiger partial charge is 0.335 e. The number of benzene rings is 2. The molecule has 0 radical (unpaired) electrons. The maximum absolute atomic E-state index is 11.0. The van der Waals surface area contributed by atoms with E-state index < -0.39 is 23.9 Å². The number of hydrogen-bond donors (Lipinski definition) is 5. The Morgan fingerprint density at radius 3 is 1.37 bits per heavy atom. The molecule has 0 unspecified atom stereocenters. The molecule has 0 fully saturated rings. The summed E-state index contributed by atoms with van der Waals surface area (Å²) in [6.07, 6.45) is 0. The van der Waals surface area contributed by atoms with Crippen LogP contribution >= 0.6 is 0 Å². The van der Waals surface area contributed by atoms with Crippen LogP contribution in [0.5, 0.6) is 0 Å². The number of aromatic carboxylic acids is 4. The minimum absolute atomic E-state index is 0.00361. The molecule has 0 saturated heterocycles. The van der Waals surface area contributed by atoms with Gasteiger partial charge in [0.05, 0.1) is 33.6 Å². The average molecular weight is 373 g/mol. The van der Waals surface area contributed by atoms with Crippen LogP contribution in [0.25, 0.3) is 0 Å². The highest BCUT2D eigenvalue weighted by Crippen LogP contribution is 2.20. The molecule has 0 saturated carbocycles. The van der Waals surface area contributed by atoms with Crippen LogP contribution < -0.4 is 5.43 Å². The van der Waals surface area contributed by atoms with Crippen molar-refractivity contribution >= 4 is 35.3 Å². The molecule has 0 aliphatic rings. The molecule has 2 aromatic carbocycles. The zero-order valence-electron chi connectivity index (χ0n) is 13.3. The van der Waals surface area contributed by atoms with E-state index in [9.17, 15) is 19.2 Å². The first kappa shape index (κ1) is 19.1. The summed E-state index contributed by atoms with van der Waals surface area (Å²) >= 11 is 0. The fourth-order valence-corrected chi connectivity index (χ4v) is 2.00. The van der Waals surface area contributed by atoms with Crippen molar-refractivity contribution in [3.05, 3.63) is 58.7 Å². The number of carbonyl (C=O) groups is 4. The van der Waals surface area contributed by atoms with Gasteiger partial charge in [0.1, 0.15) is 0 Å². The zero-order valence-corrected chi connectivity index (χ0v) is 13.3. The molecule has 0 bridgehead atoms. The molecular formula is C16H11N3O8. The molecule has 0 aliphatic heterocycles. The number of carboxylic acid groups (broad SMARTS) is 4. The summed E-state index contributed by atoms with van der Waals surface area (Å²) in [5.41, 5.74) is 1.01. The lowest BCUT2D eigenvalue weighted by Gasteiger charge is -2.04. The first-order valence-electron chi connectivity index (χ1n) is 7.07. The van der Waals surface area contributed by atoms with E-state index in [1.807, 2.05) is 0 Å². The van der Waals surface area contributed by atoms with Gasteiger partial charge in [0, 0.05) is 0 Å². The Bertz CT molecular complexity index is 919. The predicted octanol–water partition coefficient (Wildman–Crippen LogP) is 2.59. The molecule has 0 heterocycles. The van der Waals surface area contributed by atoms with Gasteiger partial charge in [-0.2, -0.15) is 0 Å². The lowest BCUT2D eigenvalue weighted by Crippen LogP contribution is -2.04. The Balaban J connectivity index is 2.32. The molecule has 0 aliphatic carbocycles. The quantitative estimate of drug-likeness (QED) is 0.359. The van der Waals surface area contributed by atoms with Gasteiger partial charge in [0.2, 0.25) is 0 Å². The molecule has 11 nitrogen and oxygen atoms in total. The summed E-state index contributed by atoms with van der Waals surface area (Å²) in [5, 5.41) is 43.1. The van der Waals surface area contributed by atoms with Crippen LogP contribution in [0.1, 0.15) is 41.4 Å². The van der Waals surface area contributed by atoms with Crippen molar-refractivity contribution in [2.24, 2.45) is 10.3 Å². The Kier molecular flexibility index (Phi) is 5.46. The van der Waals surface area contributed by atoms with E-state index in [-0.39, 0.29) is 33.6 Å². The van der Waals surface area contributed by atoms with Crippen molar-refractivity contribution in [3.8, 4) is 0 Å². The van der Waals surface area contributed by atoms with Gasteiger partial charge in [-0.25, -0.2) is 19.2 Å². The molecule has 0 spiro atoms. The topological polar surface area (TPSA) is 186 Å². The van der Waals surface area contributed by atoms with Crippen LogP contribution in [0.2, 0.25) is 0 Å². The Morgan fingerprint density at radius 2 is 1.00 bits per heavy atom. The fraction of sp³-hybridized carbons (Fsp3) is 0. The Hall–Kier alpha value is -4.28. The zero-order chi connectivity index (χ0) is 20.1. The second-order valence-electron chi connectivity index (χ2n) is 5.10. The molecule has 0 atom stereocenters. The van der Waals surface area contributed by atoms with Crippen molar-refractivity contribution in [3.63, 3.8) is 0 Å². The number of rotatable bonds is 7. The van der Waals surface area contributed by atoms with Crippen LogP contribution in [0, 0.1) is 0 Å². The standard InChI is InChI=1S/C16H11N3O8/c20-13(21)7-1-8(14(22)23)4-11(3-7)17-19-18-12-5-9(15(24)25)2-10(6-12)16(26)27/h1-6H,(H,17,18)(H,20,21)(H,22,23)(H,24,25)(H,26,27). The van der Waals surface area contributed by atoms with Gasteiger partial charge in [0.25, 0.3) is 0 Å². The molecule has 27 heavy (non-hydrogen) atoms. The van der Waals surface area contributed by atoms with Gasteiger partial charge in [0.15, 0.2) is 0 Å². The van der Waals surface area contributed by atoms with Gasteiger partial charge < -0.3 is 20.4 Å². The molecule has 5 N–H and O–H groups in total. The van der Waals surface area contributed by atoms with Crippen molar-refractivity contribution in [2.75, 3.05) is 5.43 Å². The highest BCUT2D eigenvalue weighted by molar-refractivity contribution is 5.96. The van der Waals surface area contributed by atoms with E-state index in [4.69, 9.17) is 20.4 Å². The first-order valence-corrected chi connectivity index (χ1v) is 7.07. The molecule has 0 amide bonds. The third-order valence-electron chi connectivity index (χ3n) is 3.18. The van der Waals surface area contributed by atoms with Crippen molar-refractivity contribution in [1.82, 2.24) is 0 Å². The SMILES string of the molecule is O=C(O)c1cc(N=NNc2cc(C(=O)O)cc(C(=O)O)c2)cc(C(=O)O)c1. The maximum Gasteiger partial charge on any atom is 0.335 e. The molecular weight excluding hydrogens is 362 g/mol. The number of nitrogens with one attached hydrogen (secondary N) is 1. The molecule has 138 valence electrons. The fourth-order valence-electron chi connectivity index (χ4n) is 2.00. The van der Waals surface area contributed by atoms with Crippen molar-refractivity contribution < 1.29 is 39.6 Å². The van der Waals surface area contributed by atoms with E-state index in [1.165, 1.54) is 0 Å². The number of hydrogen-bond acceptors (Lipinski definition) is 6. The Morgan fingerprint density at radius 1 is 0.630 bits per heavy atom. The van der Waals surface area contributed by atoms with Crippen LogP contribution in [-0.2, 0) is 0 Å². The van der Waals surface area contributed by atoms with Crippen LogP contribution in [0.15, 0.2) is 46.7 Å². The van der Waals surface area contributed by atoms with E-state index in [0.29, 0.717) is 0 Å². The van der Waals surface area contributed by atoms with E-state index in [0.717, 1.165) is 36.4 Å². The average Bonchev–Trinajstić information content (AvgIpc) is 2.61. The van der Waals surface area contributed by atoms with Crippen molar-refractivity contribution in [1.29, 1.82) is 0 Å². The largest absolute Gasteiger partial charge is 0.478 e. The lowest BCUT2D eigenvalue weighted by molar-refractivity contribution is 0.0676. The minimum atomic E-state index is -1.36. The van der Waals surface area contributed by atoms with Gasteiger partial charge >= 0.3 is 23.9 Å². The van der Waals surface area contributed by atoms with Crippen LogP contribution in [-0.4, -0.2) is 44.3 Å². The second-order valence-corrected chi connectivity index (χ2v) is 5.10. The summed E-state index contributed by atoms with van der Waals surface area (Å²) in [5.74, 6) is -5.41. The monoisotopic (exact) mass is 373 g/mol. The summed E-state index contributed by atoms with van der Waals surface area (Å²) < 4.78 is 0. The highest BCUT2D eigenvalue weighted by atomic mass is 16.4. The summed E-state index contributed by atoms with van der Waals surface area (Å²) in [6.45, 7) is 0. The lowest BCUT2D eigenvalue weighted by atomic mass is 10.1. The van der Waals surface area contributed by atoms with Crippen LogP contribution in [0.4, 0.5) is 11.4 Å². The van der Waals surface area contributed by atoms with Gasteiger partial charge in [-0.3, -0.25) is 5.43 Å². The van der Waals surface area contributed by atoms with Crippen molar-refractivity contribution in [2.45, 2.75) is 0 Å². The first-order chi connectivity index (χ1) is 12.7. The van der Waals surface area contributed by atoms with Gasteiger partial charge in [-0.15, -0.1) is 5.11 Å².